The lowest BCUT2D eigenvalue weighted by Gasteiger charge is -2.34. The Morgan fingerprint density at radius 1 is 1.18 bits per heavy atom. The van der Waals surface area contributed by atoms with Crippen LogP contribution in [0.15, 0.2) is 43.2 Å². The van der Waals surface area contributed by atoms with Gasteiger partial charge in [-0.3, -0.25) is 14.3 Å². The first-order valence-electron chi connectivity index (χ1n) is 10.2. The Kier molecular flexibility index (Phi) is 5.15. The molecule has 1 atom stereocenters. The third-order valence-corrected chi connectivity index (χ3v) is 5.40. The molecule has 33 heavy (non-hydrogen) atoms. The number of hydrogen-bond donors (Lipinski definition) is 2. The van der Waals surface area contributed by atoms with Crippen molar-refractivity contribution in [2.75, 3.05) is 18.0 Å². The summed E-state index contributed by atoms with van der Waals surface area (Å²) in [4.78, 5) is 30.7. The first-order valence-corrected chi connectivity index (χ1v) is 10.2. The first kappa shape index (κ1) is 20.8. The van der Waals surface area contributed by atoms with Crippen molar-refractivity contribution in [3.63, 3.8) is 0 Å². The van der Waals surface area contributed by atoms with E-state index in [0.717, 1.165) is 31.8 Å². The minimum Gasteiger partial charge on any atom is -0.354 e. The molecule has 10 nitrogen and oxygen atoms in total. The van der Waals surface area contributed by atoms with E-state index >= 15 is 0 Å². The molecule has 0 aliphatic carbocycles. The molecule has 5 heterocycles. The average Bonchev–Trinajstić information content (AvgIpc) is 3.49. The molecule has 4 aromatic heterocycles. The highest BCUT2D eigenvalue weighted by molar-refractivity contribution is 5.93. The van der Waals surface area contributed by atoms with Gasteiger partial charge in [0.2, 0.25) is 0 Å². The van der Waals surface area contributed by atoms with Crippen LogP contribution in [0.2, 0.25) is 0 Å². The van der Waals surface area contributed by atoms with Crippen molar-refractivity contribution in [1.29, 1.82) is 0 Å². The van der Waals surface area contributed by atoms with Crippen molar-refractivity contribution in [1.82, 2.24) is 39.9 Å². The molecule has 0 spiro atoms. The lowest BCUT2D eigenvalue weighted by atomic mass is 10.1. The molecule has 1 saturated heterocycles. The number of rotatable bonds is 4. The largest absolute Gasteiger partial charge is 0.434 e. The standard InChI is InChI=1S/C20H18F3N9O/c21-20(22,23)15-11-32-14(8-26-17(32)9-25-15)18-24-4-3-16(30-18)31-5-1-2-13(10-31)29-19(33)12-6-27-28-7-12/h3-4,6-9,11,13H,1-2,5,10H2,(H,27,28)(H,29,33)/t13-/m0/s1. The van der Waals surface area contributed by atoms with Crippen LogP contribution in [0.1, 0.15) is 28.9 Å². The maximum atomic E-state index is 13.1. The number of halogens is 3. The van der Waals surface area contributed by atoms with E-state index in [0.29, 0.717) is 23.6 Å². The van der Waals surface area contributed by atoms with E-state index in [-0.39, 0.29) is 23.4 Å². The minimum absolute atomic E-state index is 0.0872. The van der Waals surface area contributed by atoms with Crippen molar-refractivity contribution < 1.29 is 18.0 Å². The molecular formula is C20H18F3N9O. The van der Waals surface area contributed by atoms with E-state index in [9.17, 15) is 18.0 Å². The van der Waals surface area contributed by atoms with Crippen LogP contribution in [0.5, 0.6) is 0 Å². The zero-order valence-corrected chi connectivity index (χ0v) is 17.1. The van der Waals surface area contributed by atoms with Crippen molar-refractivity contribution in [2.24, 2.45) is 0 Å². The Labute approximate surface area is 184 Å². The molecule has 1 aliphatic heterocycles. The van der Waals surface area contributed by atoms with Gasteiger partial charge in [0.05, 0.1) is 24.2 Å². The topological polar surface area (TPSA) is 117 Å². The fourth-order valence-electron chi connectivity index (χ4n) is 3.80. The zero-order chi connectivity index (χ0) is 23.0. The van der Waals surface area contributed by atoms with Gasteiger partial charge in [0, 0.05) is 37.7 Å². The third kappa shape index (κ3) is 4.21. The van der Waals surface area contributed by atoms with E-state index in [1.165, 1.54) is 23.0 Å². The summed E-state index contributed by atoms with van der Waals surface area (Å²) in [5.74, 6) is 0.643. The highest BCUT2D eigenvalue weighted by atomic mass is 19.4. The van der Waals surface area contributed by atoms with Crippen molar-refractivity contribution in [2.45, 2.75) is 25.1 Å². The molecule has 1 fully saturated rings. The van der Waals surface area contributed by atoms with Gasteiger partial charge >= 0.3 is 6.18 Å². The number of alkyl halides is 3. The van der Waals surface area contributed by atoms with E-state index < -0.39 is 11.9 Å². The van der Waals surface area contributed by atoms with Gasteiger partial charge in [-0.15, -0.1) is 0 Å². The monoisotopic (exact) mass is 457 g/mol. The van der Waals surface area contributed by atoms with Crippen molar-refractivity contribution in [3.8, 4) is 11.5 Å². The molecule has 1 aliphatic rings. The van der Waals surface area contributed by atoms with E-state index in [2.05, 4.69) is 35.5 Å². The van der Waals surface area contributed by atoms with Gasteiger partial charge in [0.15, 0.2) is 17.2 Å². The Bertz CT molecular complexity index is 1290. The number of nitrogens with zero attached hydrogens (tertiary/aromatic N) is 7. The first-order chi connectivity index (χ1) is 15.9. The third-order valence-electron chi connectivity index (χ3n) is 5.40. The number of amides is 1. The summed E-state index contributed by atoms with van der Waals surface area (Å²) in [6, 6.07) is 1.64. The summed E-state index contributed by atoms with van der Waals surface area (Å²) in [6.07, 6.45) is 4.98. The molecule has 0 unspecified atom stereocenters. The Balaban J connectivity index is 1.39. The predicted octanol–water partition coefficient (Wildman–Crippen LogP) is 2.33. The van der Waals surface area contributed by atoms with Crippen molar-refractivity contribution >= 4 is 17.4 Å². The molecule has 0 bridgehead atoms. The molecule has 0 aromatic carbocycles. The SMILES string of the molecule is O=C(N[C@H]1CCCN(c2ccnc(-c3cnc4cnc(C(F)(F)F)cn34)n2)C1)c1cn[nH]c1. The number of anilines is 1. The van der Waals surface area contributed by atoms with Gasteiger partial charge in [0.1, 0.15) is 11.5 Å². The summed E-state index contributed by atoms with van der Waals surface area (Å²) in [7, 11) is 0. The van der Waals surface area contributed by atoms with Gasteiger partial charge in [-0.1, -0.05) is 0 Å². The molecule has 5 rings (SSSR count). The van der Waals surface area contributed by atoms with Crippen LogP contribution in [-0.2, 0) is 6.18 Å². The van der Waals surface area contributed by atoms with Crippen LogP contribution in [0.4, 0.5) is 19.0 Å². The Hall–Kier alpha value is -4.03. The molecule has 0 radical (unpaired) electrons. The van der Waals surface area contributed by atoms with Crippen molar-refractivity contribution in [3.05, 3.63) is 54.5 Å². The van der Waals surface area contributed by atoms with E-state index in [1.54, 1.807) is 12.3 Å². The molecule has 2 N–H and O–H groups in total. The lowest BCUT2D eigenvalue weighted by molar-refractivity contribution is -0.141. The predicted molar refractivity (Wildman–Crippen MR) is 110 cm³/mol. The fourth-order valence-corrected chi connectivity index (χ4v) is 3.80. The van der Waals surface area contributed by atoms with Gasteiger partial charge < -0.3 is 10.2 Å². The van der Waals surface area contributed by atoms with Crippen LogP contribution in [-0.4, -0.2) is 59.6 Å². The highest BCUT2D eigenvalue weighted by Crippen LogP contribution is 2.29. The molecule has 1 amide bonds. The second kappa shape index (κ2) is 8.15. The van der Waals surface area contributed by atoms with Crippen LogP contribution in [0.25, 0.3) is 17.2 Å². The lowest BCUT2D eigenvalue weighted by Crippen LogP contribution is -2.48. The molecule has 0 saturated carbocycles. The van der Waals surface area contributed by atoms with E-state index in [1.807, 2.05) is 4.90 Å². The zero-order valence-electron chi connectivity index (χ0n) is 17.1. The van der Waals surface area contributed by atoms with Crippen LogP contribution >= 0.6 is 0 Å². The maximum Gasteiger partial charge on any atom is 0.434 e. The van der Waals surface area contributed by atoms with Gasteiger partial charge in [-0.25, -0.2) is 19.9 Å². The van der Waals surface area contributed by atoms with Gasteiger partial charge in [-0.2, -0.15) is 18.3 Å². The van der Waals surface area contributed by atoms with Crippen LogP contribution in [0.3, 0.4) is 0 Å². The number of imidazole rings is 1. The molecule has 13 heteroatoms. The number of hydrogen-bond acceptors (Lipinski definition) is 7. The fraction of sp³-hybridized carbons (Fsp3) is 0.300. The normalized spacial score (nSPS) is 16.8. The molecular weight excluding hydrogens is 439 g/mol. The van der Waals surface area contributed by atoms with Crippen LogP contribution < -0.4 is 10.2 Å². The number of aromatic amines is 1. The van der Waals surface area contributed by atoms with Gasteiger partial charge in [0.25, 0.3) is 5.91 Å². The van der Waals surface area contributed by atoms with Crippen LogP contribution in [0, 0.1) is 0 Å². The second-order valence-corrected chi connectivity index (χ2v) is 7.63. The number of aromatic nitrogens is 7. The number of piperidine rings is 1. The summed E-state index contributed by atoms with van der Waals surface area (Å²) in [6.45, 7) is 1.26. The van der Waals surface area contributed by atoms with E-state index in [4.69, 9.17) is 0 Å². The average molecular weight is 457 g/mol. The summed E-state index contributed by atoms with van der Waals surface area (Å²) in [5, 5.41) is 9.40. The minimum atomic E-state index is -4.58. The number of fused-ring (bicyclic) bond motifs is 1. The number of carbonyl (C=O) groups excluding carboxylic acids is 1. The summed E-state index contributed by atoms with van der Waals surface area (Å²) in [5.41, 5.74) is 0.00276. The Morgan fingerprint density at radius 2 is 2.06 bits per heavy atom. The van der Waals surface area contributed by atoms with Gasteiger partial charge in [-0.05, 0) is 18.9 Å². The highest BCUT2D eigenvalue weighted by Gasteiger charge is 2.33. The second-order valence-electron chi connectivity index (χ2n) is 7.63. The maximum absolute atomic E-state index is 13.1. The smallest absolute Gasteiger partial charge is 0.354 e. The number of H-pyrrole nitrogens is 1. The summed E-state index contributed by atoms with van der Waals surface area (Å²) < 4.78 is 40.6. The number of carbonyl (C=O) groups is 1. The number of nitrogens with one attached hydrogen (secondary N) is 2. The quantitative estimate of drug-likeness (QED) is 0.483. The Morgan fingerprint density at radius 3 is 2.85 bits per heavy atom. The molecule has 4 aromatic rings. The molecule has 170 valence electrons. The summed E-state index contributed by atoms with van der Waals surface area (Å²) >= 11 is 0.